The van der Waals surface area contributed by atoms with E-state index in [1.165, 1.54) is 0 Å². The summed E-state index contributed by atoms with van der Waals surface area (Å²) in [6.45, 7) is 0. The van der Waals surface area contributed by atoms with Gasteiger partial charge in [-0.3, -0.25) is 0 Å². The summed E-state index contributed by atoms with van der Waals surface area (Å²) in [5.74, 6) is 0. The zero-order chi connectivity index (χ0) is 4.28. The Labute approximate surface area is 56.1 Å². The predicted molar refractivity (Wildman–Crippen MR) is 7.81 cm³/mol. The van der Waals surface area contributed by atoms with E-state index >= 15 is 0 Å². The van der Waals surface area contributed by atoms with Crippen LogP contribution in [0.2, 0.25) is 0 Å². The van der Waals surface area contributed by atoms with Gasteiger partial charge in [0.1, 0.15) is 0 Å². The molecule has 0 amide bonds. The van der Waals surface area contributed by atoms with E-state index in [9.17, 15) is 9.43 Å². The van der Waals surface area contributed by atoms with Crippen molar-refractivity contribution in [1.82, 2.24) is 0 Å². The van der Waals surface area contributed by atoms with Gasteiger partial charge in [-0.05, 0) is 0 Å². The average molecular weight is 225 g/mol. The summed E-state index contributed by atoms with van der Waals surface area (Å²) in [4.78, 5) is 0. The second kappa shape index (κ2) is 6.31. The van der Waals surface area contributed by atoms with Gasteiger partial charge in [-0.2, -0.15) is 0 Å². The first-order chi connectivity index (χ1) is 2.27. The molecule has 6 heteroatoms. The van der Waals surface area contributed by atoms with E-state index in [-0.39, 0.29) is 16.5 Å². The van der Waals surface area contributed by atoms with Crippen molar-refractivity contribution in [3.8, 4) is 0 Å². The minimum absolute atomic E-state index is 0. The molecule has 0 saturated carbocycles. The monoisotopic (exact) mass is 223 g/mol. The molecule has 0 fully saturated rings. The summed E-state index contributed by atoms with van der Waals surface area (Å²) >= 11 is -4.99. The standard InChI is InChI=1S/Al.Ni.3O.Zr. The molecule has 0 rings (SSSR count). The molecular formula is AlNiO3Zr. The van der Waals surface area contributed by atoms with Gasteiger partial charge in [0.15, 0.2) is 0 Å². The molecule has 3 nitrogen and oxygen atoms in total. The Morgan fingerprint density at radius 2 is 1.50 bits per heavy atom. The summed E-state index contributed by atoms with van der Waals surface area (Å²) < 4.78 is 27.7. The molecule has 0 atom stereocenters. The van der Waals surface area contributed by atoms with Crippen LogP contribution in [-0.2, 0) is 45.2 Å². The Bertz CT molecular complexity index is 87.0. The van der Waals surface area contributed by atoms with Crippen LogP contribution >= 0.6 is 0 Å². The molecule has 0 unspecified atom stereocenters. The molecule has 0 bridgehead atoms. The van der Waals surface area contributed by atoms with Crippen LogP contribution in [0, 0.1) is 0 Å². The third-order valence-corrected chi connectivity index (χ3v) is 1.71. The second-order valence-electron chi connectivity index (χ2n) is 0.437. The molecule has 0 radical (unpaired) electrons. The summed E-state index contributed by atoms with van der Waals surface area (Å²) in [7, 11) is 0. The third-order valence-electron chi connectivity index (χ3n) is 0.0962. The zero-order valence-corrected chi connectivity index (χ0v) is 7.22. The molecule has 0 aromatic heterocycles. The normalized spacial score (nSPS) is 4.67. The first-order valence-electron chi connectivity index (χ1n) is 0.933. The summed E-state index contributed by atoms with van der Waals surface area (Å²) in [5, 5.41) is 0. The maximum atomic E-state index is 9.26. The summed E-state index contributed by atoms with van der Waals surface area (Å²) in [6, 6.07) is 0. The molecular weight excluding hydrogens is 225 g/mol. The van der Waals surface area contributed by atoms with Crippen molar-refractivity contribution in [1.29, 1.82) is 0 Å². The van der Waals surface area contributed by atoms with Gasteiger partial charge in [0.25, 0.3) is 0 Å². The molecule has 0 heterocycles. The van der Waals surface area contributed by atoms with E-state index in [4.69, 9.17) is 0 Å². The van der Waals surface area contributed by atoms with Crippen LogP contribution in [-0.4, -0.2) is 11.4 Å². The van der Waals surface area contributed by atoms with Gasteiger partial charge in [-0.15, -0.1) is 0 Å². The fraction of sp³-hybridized carbons (Fsp3) is 0. The SMILES string of the molecule is [Ni].[O]=[Al][Zr](=[O])=[O]. The van der Waals surface area contributed by atoms with Crippen LogP contribution in [0.1, 0.15) is 0 Å². The molecule has 0 aliphatic carbocycles. The van der Waals surface area contributed by atoms with Gasteiger partial charge in [-0.1, -0.05) is 0 Å². The minimum atomic E-state index is -3.55. The Morgan fingerprint density at radius 1 is 1.33 bits per heavy atom. The van der Waals surface area contributed by atoms with Gasteiger partial charge >= 0.3 is 40.1 Å². The molecule has 0 spiro atoms. The van der Waals surface area contributed by atoms with Crippen molar-refractivity contribution >= 4 is 11.4 Å². The summed E-state index contributed by atoms with van der Waals surface area (Å²) in [6.07, 6.45) is 0. The predicted octanol–water partition coefficient (Wildman–Crippen LogP) is -0.742. The maximum absolute atomic E-state index is 9.26. The fourth-order valence-corrected chi connectivity index (χ4v) is 0. The van der Waals surface area contributed by atoms with Crippen molar-refractivity contribution in [3.63, 3.8) is 0 Å². The van der Waals surface area contributed by atoms with Crippen LogP contribution in [0.4, 0.5) is 0 Å². The molecule has 6 heavy (non-hydrogen) atoms. The Kier molecular flexibility index (Phi) is 10.9. The second-order valence-corrected chi connectivity index (χ2v) is 6.77. The van der Waals surface area contributed by atoms with Gasteiger partial charge in [0.2, 0.25) is 0 Å². The number of hydrogen-bond acceptors (Lipinski definition) is 3. The summed E-state index contributed by atoms with van der Waals surface area (Å²) in [5.41, 5.74) is 0. The van der Waals surface area contributed by atoms with Gasteiger partial charge in [0.05, 0.1) is 0 Å². The molecule has 0 N–H and O–H groups in total. The van der Waals surface area contributed by atoms with Gasteiger partial charge in [-0.25, -0.2) is 0 Å². The molecule has 0 aromatic rings. The Balaban J connectivity index is 0. The van der Waals surface area contributed by atoms with E-state index in [2.05, 4.69) is 0 Å². The van der Waals surface area contributed by atoms with E-state index in [0.717, 1.165) is 0 Å². The Morgan fingerprint density at radius 3 is 1.50 bits per heavy atom. The molecule has 0 saturated heterocycles. The topological polar surface area (TPSA) is 51.2 Å². The van der Waals surface area contributed by atoms with Crippen LogP contribution in [0.3, 0.4) is 0 Å². The van der Waals surface area contributed by atoms with Gasteiger partial charge in [0, 0.05) is 16.5 Å². The number of hydrogen-bond donors (Lipinski definition) is 0. The van der Waals surface area contributed by atoms with Crippen molar-refractivity contribution in [2.24, 2.45) is 0 Å². The van der Waals surface area contributed by atoms with Crippen molar-refractivity contribution in [3.05, 3.63) is 0 Å². The van der Waals surface area contributed by atoms with Gasteiger partial charge < -0.3 is 0 Å². The van der Waals surface area contributed by atoms with Crippen LogP contribution in [0.25, 0.3) is 0 Å². The molecule has 35 valence electrons. The fourth-order valence-electron chi connectivity index (χ4n) is 0. The average Bonchev–Trinajstić information content (AvgIpc) is 1.38. The third kappa shape index (κ3) is 9.00. The van der Waals surface area contributed by atoms with E-state index in [0.29, 0.717) is 0 Å². The van der Waals surface area contributed by atoms with Crippen LogP contribution < -0.4 is 0 Å². The van der Waals surface area contributed by atoms with Crippen LogP contribution in [0.5, 0.6) is 0 Å². The van der Waals surface area contributed by atoms with Crippen LogP contribution in [0.15, 0.2) is 0 Å². The molecule has 0 aromatic carbocycles. The number of rotatable bonds is 1. The first kappa shape index (κ1) is 10.3. The van der Waals surface area contributed by atoms with E-state index in [1.54, 1.807) is 0 Å². The molecule has 0 aliphatic rings. The van der Waals surface area contributed by atoms with Crippen molar-refractivity contribution in [2.45, 2.75) is 0 Å². The Hall–Kier alpha value is 1.31. The zero-order valence-electron chi connectivity index (χ0n) is 2.62. The van der Waals surface area contributed by atoms with Crippen molar-refractivity contribution in [2.75, 3.05) is 0 Å². The quantitative estimate of drug-likeness (QED) is 0.552. The van der Waals surface area contributed by atoms with Crippen molar-refractivity contribution < 1.29 is 45.2 Å². The molecule has 0 aliphatic heterocycles. The van der Waals surface area contributed by atoms with E-state index in [1.807, 2.05) is 0 Å². The van der Waals surface area contributed by atoms with E-state index < -0.39 is 30.7 Å². The first-order valence-corrected chi connectivity index (χ1v) is 8.25.